The third-order valence-electron chi connectivity index (χ3n) is 4.21. The molecule has 7 nitrogen and oxygen atoms in total. The molecule has 30 heavy (non-hydrogen) atoms. The molecule has 0 saturated carbocycles. The van der Waals surface area contributed by atoms with E-state index in [2.05, 4.69) is 26.2 Å². The van der Waals surface area contributed by atoms with Gasteiger partial charge in [-0.3, -0.25) is 9.59 Å². The molecule has 4 aromatic rings. The van der Waals surface area contributed by atoms with E-state index in [-0.39, 0.29) is 18.1 Å². The van der Waals surface area contributed by atoms with Gasteiger partial charge in [-0.2, -0.15) is 0 Å². The fraction of sp³-hybridized carbons (Fsp3) is 0.0952. The maximum absolute atomic E-state index is 12.6. The lowest BCUT2D eigenvalue weighted by molar-refractivity contribution is 0.102. The van der Waals surface area contributed by atoms with Crippen LogP contribution in [0.15, 0.2) is 68.4 Å². The van der Waals surface area contributed by atoms with Crippen LogP contribution in [-0.4, -0.2) is 15.5 Å². The van der Waals surface area contributed by atoms with Crippen molar-refractivity contribution in [1.82, 2.24) is 9.56 Å². The van der Waals surface area contributed by atoms with E-state index in [1.807, 2.05) is 6.07 Å². The Morgan fingerprint density at radius 2 is 2.03 bits per heavy atom. The number of carbonyl (C=O) groups excluding carboxylic acids is 1. The third-order valence-corrected chi connectivity index (χ3v) is 5.14. The van der Waals surface area contributed by atoms with Gasteiger partial charge in [0, 0.05) is 27.7 Å². The van der Waals surface area contributed by atoms with Crippen molar-refractivity contribution in [3.63, 3.8) is 0 Å². The molecule has 2 heterocycles. The lowest BCUT2D eigenvalue weighted by Crippen LogP contribution is -2.15. The van der Waals surface area contributed by atoms with E-state index in [1.54, 1.807) is 49.4 Å². The average Bonchev–Trinajstić information content (AvgIpc) is 3.09. The van der Waals surface area contributed by atoms with Crippen LogP contribution in [0.5, 0.6) is 5.75 Å². The molecule has 0 aliphatic rings. The number of nitrogens with zero attached hydrogens (tertiary/aromatic N) is 2. The molecule has 2 aromatic carbocycles. The summed E-state index contributed by atoms with van der Waals surface area (Å²) in [6.07, 6.45) is 0. The lowest BCUT2D eigenvalue weighted by Gasteiger charge is -2.13. The van der Waals surface area contributed by atoms with E-state index in [0.717, 1.165) is 4.57 Å². The van der Waals surface area contributed by atoms with Crippen molar-refractivity contribution in [2.75, 3.05) is 5.32 Å². The highest BCUT2D eigenvalue weighted by molar-refractivity contribution is 9.10. The fourth-order valence-corrected chi connectivity index (χ4v) is 3.48. The predicted octanol–water partition coefficient (Wildman–Crippen LogP) is 4.84. The molecule has 4 rings (SSSR count). The topological polar surface area (TPSA) is 85.8 Å². The molecule has 0 spiro atoms. The van der Waals surface area contributed by atoms with Crippen molar-refractivity contribution < 1.29 is 14.1 Å². The number of nitrogens with one attached hydrogen (secondary N) is 1. The van der Waals surface area contributed by atoms with Gasteiger partial charge in [0.05, 0.1) is 16.9 Å². The van der Waals surface area contributed by atoms with Gasteiger partial charge in [0.1, 0.15) is 18.1 Å². The van der Waals surface area contributed by atoms with Crippen molar-refractivity contribution in [2.24, 2.45) is 0 Å². The largest absolute Gasteiger partial charge is 0.485 e. The summed E-state index contributed by atoms with van der Waals surface area (Å²) in [5.41, 5.74) is 1.39. The second kappa shape index (κ2) is 8.33. The Bertz CT molecular complexity index is 1320. The SMILES string of the molecule is Cc1cc2nc(COc3cc(Cl)ccc3NC(=O)c3ccccc3Br)cc(=O)n2o1. The third kappa shape index (κ3) is 4.24. The van der Waals surface area contributed by atoms with Crippen LogP contribution in [0.4, 0.5) is 5.69 Å². The Morgan fingerprint density at radius 1 is 1.23 bits per heavy atom. The monoisotopic (exact) mass is 487 g/mol. The van der Waals surface area contributed by atoms with Gasteiger partial charge in [-0.15, -0.1) is 4.57 Å². The van der Waals surface area contributed by atoms with Crippen molar-refractivity contribution in [1.29, 1.82) is 0 Å². The number of hydrogen-bond acceptors (Lipinski definition) is 5. The van der Waals surface area contributed by atoms with Crippen LogP contribution in [0.3, 0.4) is 0 Å². The number of anilines is 1. The highest BCUT2D eigenvalue weighted by Crippen LogP contribution is 2.30. The Hall–Kier alpha value is -3.10. The van der Waals surface area contributed by atoms with Gasteiger partial charge in [-0.1, -0.05) is 23.7 Å². The van der Waals surface area contributed by atoms with Crippen molar-refractivity contribution in [2.45, 2.75) is 13.5 Å². The van der Waals surface area contributed by atoms with E-state index in [0.29, 0.717) is 43.6 Å². The standard InChI is InChI=1S/C21H15BrClN3O4/c1-12-8-19-24-14(10-20(27)26(19)30-12)11-29-18-9-13(23)6-7-17(18)25-21(28)15-4-2-3-5-16(15)22/h2-10H,11H2,1H3,(H,25,28). The van der Waals surface area contributed by atoms with E-state index in [9.17, 15) is 9.59 Å². The molecule has 1 N–H and O–H groups in total. The normalized spacial score (nSPS) is 10.9. The fourth-order valence-electron chi connectivity index (χ4n) is 2.85. The highest BCUT2D eigenvalue weighted by Gasteiger charge is 2.14. The van der Waals surface area contributed by atoms with Crippen LogP contribution in [0.25, 0.3) is 5.65 Å². The Morgan fingerprint density at radius 3 is 2.83 bits per heavy atom. The minimum atomic E-state index is -0.347. The molecule has 0 saturated heterocycles. The van der Waals surface area contributed by atoms with Crippen LogP contribution < -0.4 is 15.6 Å². The van der Waals surface area contributed by atoms with Crippen molar-refractivity contribution in [3.05, 3.63) is 91.5 Å². The van der Waals surface area contributed by atoms with Gasteiger partial charge in [-0.05, 0) is 47.1 Å². The molecular weight excluding hydrogens is 474 g/mol. The maximum atomic E-state index is 12.6. The summed E-state index contributed by atoms with van der Waals surface area (Å²) in [5, 5.41) is 3.26. The summed E-state index contributed by atoms with van der Waals surface area (Å²) in [4.78, 5) is 29.2. The summed E-state index contributed by atoms with van der Waals surface area (Å²) >= 11 is 9.47. The number of aryl methyl sites for hydroxylation is 1. The zero-order valence-electron chi connectivity index (χ0n) is 15.7. The van der Waals surface area contributed by atoms with E-state index < -0.39 is 0 Å². The Balaban J connectivity index is 1.57. The van der Waals surface area contributed by atoms with Gasteiger partial charge in [0.15, 0.2) is 5.65 Å². The Kier molecular flexibility index (Phi) is 5.61. The van der Waals surface area contributed by atoms with Crippen LogP contribution in [0.1, 0.15) is 21.8 Å². The first-order valence-corrected chi connectivity index (χ1v) is 10.1. The zero-order valence-corrected chi connectivity index (χ0v) is 18.0. The number of benzene rings is 2. The van der Waals surface area contributed by atoms with Crippen molar-refractivity contribution in [3.8, 4) is 5.75 Å². The second-order valence-corrected chi connectivity index (χ2v) is 7.74. The number of ether oxygens (including phenoxy) is 1. The number of fused-ring (bicyclic) bond motifs is 1. The molecule has 152 valence electrons. The van der Waals surface area contributed by atoms with Gasteiger partial charge in [0.2, 0.25) is 0 Å². The molecule has 1 amide bonds. The molecule has 0 unspecified atom stereocenters. The number of amides is 1. The number of aromatic nitrogens is 2. The lowest BCUT2D eigenvalue weighted by atomic mass is 10.2. The maximum Gasteiger partial charge on any atom is 0.287 e. The average molecular weight is 489 g/mol. The highest BCUT2D eigenvalue weighted by atomic mass is 79.9. The summed E-state index contributed by atoms with van der Waals surface area (Å²) in [5.74, 6) is 0.624. The van der Waals surface area contributed by atoms with Gasteiger partial charge >= 0.3 is 0 Å². The van der Waals surface area contributed by atoms with Crippen molar-refractivity contribution >= 4 is 44.8 Å². The van der Waals surface area contributed by atoms with E-state index >= 15 is 0 Å². The molecule has 0 bridgehead atoms. The molecule has 0 radical (unpaired) electrons. The molecular formula is C21H15BrClN3O4. The summed E-state index contributed by atoms with van der Waals surface area (Å²) in [6.45, 7) is 1.74. The second-order valence-electron chi connectivity index (χ2n) is 6.45. The quantitative estimate of drug-likeness (QED) is 0.434. The smallest absolute Gasteiger partial charge is 0.287 e. The molecule has 2 aromatic heterocycles. The first-order chi connectivity index (χ1) is 14.4. The summed E-state index contributed by atoms with van der Waals surface area (Å²) < 4.78 is 12.9. The number of rotatable bonds is 5. The number of carbonyl (C=O) groups is 1. The van der Waals surface area contributed by atoms with Crippen LogP contribution >= 0.6 is 27.5 Å². The predicted molar refractivity (Wildman–Crippen MR) is 116 cm³/mol. The number of halogens is 2. The molecule has 0 aliphatic carbocycles. The first kappa shape index (κ1) is 20.2. The van der Waals surface area contributed by atoms with Gasteiger partial charge < -0.3 is 14.6 Å². The summed E-state index contributed by atoms with van der Waals surface area (Å²) in [6, 6.07) is 15.0. The summed E-state index contributed by atoms with van der Waals surface area (Å²) in [7, 11) is 0. The number of hydrogen-bond donors (Lipinski definition) is 1. The molecule has 9 heteroatoms. The first-order valence-electron chi connectivity index (χ1n) is 8.88. The minimum absolute atomic E-state index is 0.00815. The molecule has 0 aliphatic heterocycles. The Labute approximate surface area is 184 Å². The van der Waals surface area contributed by atoms with Gasteiger partial charge in [-0.25, -0.2) is 4.98 Å². The molecule has 0 atom stereocenters. The van der Waals surface area contributed by atoms with E-state index in [1.165, 1.54) is 6.07 Å². The zero-order chi connectivity index (χ0) is 21.3. The molecule has 0 fully saturated rings. The van der Waals surface area contributed by atoms with Gasteiger partial charge in [0.25, 0.3) is 11.5 Å². The van der Waals surface area contributed by atoms with E-state index in [4.69, 9.17) is 20.9 Å². The minimum Gasteiger partial charge on any atom is -0.485 e. The van der Waals surface area contributed by atoms with Crippen LogP contribution in [0, 0.1) is 6.92 Å². The van der Waals surface area contributed by atoms with Crippen LogP contribution in [0.2, 0.25) is 5.02 Å². The van der Waals surface area contributed by atoms with Crippen LogP contribution in [-0.2, 0) is 6.61 Å².